The molecule has 1 aliphatic rings. The van der Waals surface area contributed by atoms with E-state index in [4.69, 9.17) is 0 Å². The molecule has 3 rings (SSSR count). The Hall–Kier alpha value is -2.21. The van der Waals surface area contributed by atoms with E-state index in [9.17, 15) is 9.59 Å². The van der Waals surface area contributed by atoms with Crippen LogP contribution in [0.4, 0.5) is 0 Å². The van der Waals surface area contributed by atoms with E-state index in [0.29, 0.717) is 0 Å². The molecular formula is C13H14N4O2. The van der Waals surface area contributed by atoms with Gasteiger partial charge in [0.2, 0.25) is 5.91 Å². The number of imide groups is 1. The summed E-state index contributed by atoms with van der Waals surface area (Å²) in [7, 11) is 3.37. The quantitative estimate of drug-likeness (QED) is 0.748. The lowest BCUT2D eigenvalue weighted by molar-refractivity contribution is -0.153. The molecule has 1 saturated heterocycles. The minimum Gasteiger partial charge on any atom is -0.317 e. The van der Waals surface area contributed by atoms with Gasteiger partial charge in [0, 0.05) is 14.1 Å². The molecule has 1 fully saturated rings. The summed E-state index contributed by atoms with van der Waals surface area (Å²) >= 11 is 0. The van der Waals surface area contributed by atoms with Gasteiger partial charge in [0.05, 0.1) is 23.8 Å². The third-order valence-corrected chi connectivity index (χ3v) is 3.31. The van der Waals surface area contributed by atoms with E-state index in [1.807, 2.05) is 24.3 Å². The summed E-state index contributed by atoms with van der Waals surface area (Å²) in [6.07, 6.45) is 1.80. The Labute approximate surface area is 110 Å². The zero-order valence-corrected chi connectivity index (χ0v) is 10.8. The number of carbonyl (C=O) groups excluding carboxylic acids is 2. The lowest BCUT2D eigenvalue weighted by Crippen LogP contribution is -2.41. The van der Waals surface area contributed by atoms with Gasteiger partial charge in [0.25, 0.3) is 5.91 Å². The van der Waals surface area contributed by atoms with Crippen molar-refractivity contribution >= 4 is 22.8 Å². The van der Waals surface area contributed by atoms with Gasteiger partial charge < -0.3 is 4.57 Å². The Morgan fingerprint density at radius 1 is 1.26 bits per heavy atom. The van der Waals surface area contributed by atoms with Crippen LogP contribution in [-0.4, -0.2) is 45.5 Å². The highest BCUT2D eigenvalue weighted by Gasteiger charge is 2.41. The summed E-state index contributed by atoms with van der Waals surface area (Å²) in [5.74, 6) is -0.393. The van der Waals surface area contributed by atoms with Gasteiger partial charge in [-0.15, -0.1) is 0 Å². The number of hydrogen-bond donors (Lipinski definition) is 0. The molecule has 0 aliphatic carbocycles. The second-order valence-electron chi connectivity index (χ2n) is 4.75. The number of rotatable bonds is 2. The van der Waals surface area contributed by atoms with Gasteiger partial charge in [-0.3, -0.25) is 9.59 Å². The van der Waals surface area contributed by atoms with Crippen molar-refractivity contribution in [1.29, 1.82) is 0 Å². The number of amides is 2. The molecular weight excluding hydrogens is 244 g/mol. The van der Waals surface area contributed by atoms with Crippen LogP contribution >= 0.6 is 0 Å². The first kappa shape index (κ1) is 11.9. The fourth-order valence-electron chi connectivity index (χ4n) is 2.47. The first-order chi connectivity index (χ1) is 9.09. The van der Waals surface area contributed by atoms with Crippen LogP contribution in [0.25, 0.3) is 11.0 Å². The molecule has 0 N–H and O–H groups in total. The molecule has 1 atom stereocenters. The molecule has 1 aromatic heterocycles. The first-order valence-electron chi connectivity index (χ1n) is 6.05. The third-order valence-electron chi connectivity index (χ3n) is 3.31. The normalized spacial score (nSPS) is 19.9. The zero-order valence-electron chi connectivity index (χ0n) is 10.8. The number of nitrogens with zero attached hydrogens (tertiary/aromatic N) is 4. The van der Waals surface area contributed by atoms with Crippen LogP contribution in [0.2, 0.25) is 0 Å². The average molecular weight is 258 g/mol. The second-order valence-corrected chi connectivity index (χ2v) is 4.75. The summed E-state index contributed by atoms with van der Waals surface area (Å²) in [6.45, 7) is 0. The topological polar surface area (TPSA) is 58.4 Å². The van der Waals surface area contributed by atoms with E-state index < -0.39 is 6.04 Å². The minimum absolute atomic E-state index is 0.178. The fraction of sp³-hybridized carbons (Fsp3) is 0.308. The van der Waals surface area contributed by atoms with Crippen molar-refractivity contribution in [2.75, 3.05) is 14.1 Å². The molecule has 19 heavy (non-hydrogen) atoms. The van der Waals surface area contributed by atoms with Crippen molar-refractivity contribution in [1.82, 2.24) is 19.6 Å². The van der Waals surface area contributed by atoms with Crippen LogP contribution in [-0.2, 0) is 9.59 Å². The number of aromatic nitrogens is 2. The maximum atomic E-state index is 12.3. The first-order valence-corrected chi connectivity index (χ1v) is 6.05. The highest BCUT2D eigenvalue weighted by atomic mass is 16.2. The molecule has 0 bridgehead atoms. The Balaban J connectivity index is 2.04. The van der Waals surface area contributed by atoms with Crippen LogP contribution in [0.1, 0.15) is 12.5 Å². The molecule has 2 heterocycles. The van der Waals surface area contributed by atoms with Crippen LogP contribution in [0, 0.1) is 0 Å². The monoisotopic (exact) mass is 258 g/mol. The molecule has 1 aromatic carbocycles. The predicted molar refractivity (Wildman–Crippen MR) is 68.9 cm³/mol. The molecule has 0 spiro atoms. The molecule has 6 nitrogen and oxygen atoms in total. The number of hydrazine groups is 1. The van der Waals surface area contributed by atoms with Crippen LogP contribution in [0.5, 0.6) is 0 Å². The van der Waals surface area contributed by atoms with Crippen molar-refractivity contribution < 1.29 is 9.59 Å². The van der Waals surface area contributed by atoms with E-state index in [1.54, 1.807) is 25.0 Å². The number of imidazole rings is 1. The predicted octanol–water partition coefficient (Wildman–Crippen LogP) is 0.813. The lowest BCUT2D eigenvalue weighted by atomic mass is 10.2. The molecule has 1 unspecified atom stereocenters. The van der Waals surface area contributed by atoms with Gasteiger partial charge in [0.1, 0.15) is 6.04 Å². The molecule has 0 radical (unpaired) electrons. The van der Waals surface area contributed by atoms with Gasteiger partial charge >= 0.3 is 0 Å². The van der Waals surface area contributed by atoms with E-state index in [-0.39, 0.29) is 18.2 Å². The van der Waals surface area contributed by atoms with Gasteiger partial charge in [-0.2, -0.15) is 0 Å². The van der Waals surface area contributed by atoms with Gasteiger partial charge in [-0.25, -0.2) is 15.0 Å². The standard InChI is InChI=1S/C13H14N4O2/c1-15(2)17-12(18)7-11(13(17)19)16-8-14-9-5-3-4-6-10(9)16/h3-6,8,11H,7H2,1-2H3. The molecule has 0 saturated carbocycles. The van der Waals surface area contributed by atoms with E-state index in [2.05, 4.69) is 4.98 Å². The Kier molecular flexibility index (Phi) is 2.60. The Morgan fingerprint density at radius 3 is 2.68 bits per heavy atom. The van der Waals surface area contributed by atoms with Gasteiger partial charge in [0.15, 0.2) is 0 Å². The summed E-state index contributed by atoms with van der Waals surface area (Å²) < 4.78 is 1.78. The van der Waals surface area contributed by atoms with Crippen molar-refractivity contribution in [2.45, 2.75) is 12.5 Å². The molecule has 1 aliphatic heterocycles. The molecule has 2 aromatic rings. The summed E-state index contributed by atoms with van der Waals surface area (Å²) in [5.41, 5.74) is 1.69. The maximum absolute atomic E-state index is 12.3. The van der Waals surface area contributed by atoms with Gasteiger partial charge in [-0.1, -0.05) is 12.1 Å². The smallest absolute Gasteiger partial charge is 0.267 e. The van der Waals surface area contributed by atoms with Gasteiger partial charge in [-0.05, 0) is 12.1 Å². The average Bonchev–Trinajstić information content (AvgIpc) is 2.90. The van der Waals surface area contributed by atoms with Crippen molar-refractivity contribution in [3.05, 3.63) is 30.6 Å². The number of carbonyl (C=O) groups is 2. The Bertz CT molecular complexity index is 661. The number of hydrogen-bond acceptors (Lipinski definition) is 4. The van der Waals surface area contributed by atoms with Crippen LogP contribution < -0.4 is 0 Å². The highest BCUT2D eigenvalue weighted by molar-refractivity contribution is 6.04. The highest BCUT2D eigenvalue weighted by Crippen LogP contribution is 2.28. The van der Waals surface area contributed by atoms with E-state index >= 15 is 0 Å². The lowest BCUT2D eigenvalue weighted by Gasteiger charge is -2.21. The Morgan fingerprint density at radius 2 is 2.00 bits per heavy atom. The maximum Gasteiger partial charge on any atom is 0.267 e. The van der Waals surface area contributed by atoms with Crippen molar-refractivity contribution in [2.24, 2.45) is 0 Å². The van der Waals surface area contributed by atoms with Crippen LogP contribution in [0.3, 0.4) is 0 Å². The van der Waals surface area contributed by atoms with E-state index in [0.717, 1.165) is 11.0 Å². The molecule has 2 amide bonds. The summed E-state index contributed by atoms with van der Waals surface area (Å²) in [6, 6.07) is 7.08. The third kappa shape index (κ3) is 1.72. The molecule has 98 valence electrons. The van der Waals surface area contributed by atoms with Crippen molar-refractivity contribution in [3.63, 3.8) is 0 Å². The number of benzene rings is 1. The second kappa shape index (κ2) is 4.17. The zero-order chi connectivity index (χ0) is 13.6. The number of para-hydroxylation sites is 2. The molecule has 6 heteroatoms. The minimum atomic E-state index is -0.498. The largest absolute Gasteiger partial charge is 0.317 e. The van der Waals surface area contributed by atoms with Crippen molar-refractivity contribution in [3.8, 4) is 0 Å². The number of fused-ring (bicyclic) bond motifs is 1. The van der Waals surface area contributed by atoms with Crippen LogP contribution in [0.15, 0.2) is 30.6 Å². The fourth-order valence-corrected chi connectivity index (χ4v) is 2.47. The SMILES string of the molecule is CN(C)N1C(=O)CC(n2cnc3ccccc32)C1=O. The van der Waals surface area contributed by atoms with E-state index in [1.165, 1.54) is 10.0 Å². The summed E-state index contributed by atoms with van der Waals surface area (Å²) in [5, 5.41) is 2.70. The summed E-state index contributed by atoms with van der Waals surface area (Å²) in [4.78, 5) is 28.5.